The molecule has 0 saturated carbocycles. The number of allylic oxidation sites excluding steroid dienone is 1. The number of hydrogen-bond acceptors (Lipinski definition) is 6. The lowest BCUT2D eigenvalue weighted by Gasteiger charge is -2.39. The van der Waals surface area contributed by atoms with Crippen molar-refractivity contribution in [1.82, 2.24) is 9.80 Å². The number of sulfone groups is 1. The fourth-order valence-electron chi connectivity index (χ4n) is 4.17. The van der Waals surface area contributed by atoms with Crippen LogP contribution in [0.1, 0.15) is 46.5 Å². The Morgan fingerprint density at radius 3 is 2.68 bits per heavy atom. The van der Waals surface area contributed by atoms with Gasteiger partial charge in [0.25, 0.3) is 5.91 Å². The highest BCUT2D eigenvalue weighted by atomic mass is 32.2. The highest BCUT2D eigenvalue weighted by molar-refractivity contribution is 7.92. The van der Waals surface area contributed by atoms with Crippen molar-refractivity contribution in [3.05, 3.63) is 22.1 Å². The molecule has 7 nitrogen and oxygen atoms in total. The molecule has 28 heavy (non-hydrogen) atoms. The summed E-state index contributed by atoms with van der Waals surface area (Å²) in [5, 5.41) is 0. The van der Waals surface area contributed by atoms with E-state index in [1.807, 2.05) is 12.2 Å². The molecule has 1 aromatic heterocycles. The molecule has 3 heterocycles. The SMILES string of the molecule is CS(=O)(=O)c1sc(C(=O)N2CCC(N3CCCOC3=O)CC2)c2c1C=CCC2. The number of fused-ring (bicyclic) bond motifs is 1. The molecule has 0 aromatic carbocycles. The van der Waals surface area contributed by atoms with E-state index in [-0.39, 0.29) is 22.3 Å². The predicted molar refractivity (Wildman–Crippen MR) is 106 cm³/mol. The van der Waals surface area contributed by atoms with Gasteiger partial charge in [-0.2, -0.15) is 0 Å². The van der Waals surface area contributed by atoms with Crippen molar-refractivity contribution in [2.75, 3.05) is 32.5 Å². The lowest BCUT2D eigenvalue weighted by atomic mass is 9.98. The van der Waals surface area contributed by atoms with E-state index in [0.717, 1.165) is 29.7 Å². The van der Waals surface area contributed by atoms with Crippen LogP contribution in [0.3, 0.4) is 0 Å². The van der Waals surface area contributed by atoms with Gasteiger partial charge in [-0.05, 0) is 37.7 Å². The first kappa shape index (κ1) is 19.4. The van der Waals surface area contributed by atoms with Crippen LogP contribution < -0.4 is 0 Å². The normalized spacial score (nSPS) is 20.8. The van der Waals surface area contributed by atoms with E-state index in [9.17, 15) is 18.0 Å². The van der Waals surface area contributed by atoms with E-state index >= 15 is 0 Å². The minimum absolute atomic E-state index is 0.0916. The molecule has 152 valence electrons. The average molecular weight is 425 g/mol. The molecule has 4 rings (SSSR count). The number of ether oxygens (including phenoxy) is 1. The molecule has 0 spiro atoms. The Balaban J connectivity index is 1.51. The number of cyclic esters (lactones) is 1. The van der Waals surface area contributed by atoms with Gasteiger partial charge in [-0.25, -0.2) is 13.2 Å². The number of likely N-dealkylation sites (tertiary alicyclic amines) is 1. The Labute approximate surface area is 168 Å². The Hall–Kier alpha value is -1.87. The Bertz CT molecular complexity index is 926. The topological polar surface area (TPSA) is 84.0 Å². The summed E-state index contributed by atoms with van der Waals surface area (Å²) in [6.45, 7) is 2.31. The number of piperidine rings is 1. The van der Waals surface area contributed by atoms with Crippen LogP contribution in [0.15, 0.2) is 10.3 Å². The molecule has 2 amide bonds. The van der Waals surface area contributed by atoms with Crippen molar-refractivity contribution < 1.29 is 22.7 Å². The van der Waals surface area contributed by atoms with E-state index in [1.165, 1.54) is 6.26 Å². The maximum Gasteiger partial charge on any atom is 0.410 e. The molecule has 3 aliphatic rings. The van der Waals surface area contributed by atoms with E-state index in [2.05, 4.69) is 0 Å². The third-order valence-electron chi connectivity index (χ3n) is 5.59. The first-order valence-electron chi connectivity index (χ1n) is 9.61. The second-order valence-corrected chi connectivity index (χ2v) is 10.7. The van der Waals surface area contributed by atoms with E-state index in [1.54, 1.807) is 9.80 Å². The van der Waals surface area contributed by atoms with Gasteiger partial charge in [0.1, 0.15) is 4.21 Å². The molecule has 2 aliphatic heterocycles. The molecule has 1 aromatic rings. The maximum absolute atomic E-state index is 13.2. The van der Waals surface area contributed by atoms with Crippen LogP contribution in [0.5, 0.6) is 0 Å². The summed E-state index contributed by atoms with van der Waals surface area (Å²) in [7, 11) is -3.38. The van der Waals surface area contributed by atoms with Crippen LogP contribution >= 0.6 is 11.3 Å². The van der Waals surface area contributed by atoms with Crippen molar-refractivity contribution in [3.63, 3.8) is 0 Å². The smallest absolute Gasteiger partial charge is 0.410 e. The second-order valence-electron chi connectivity index (χ2n) is 7.51. The van der Waals surface area contributed by atoms with Gasteiger partial charge in [0.15, 0.2) is 9.84 Å². The maximum atomic E-state index is 13.2. The summed E-state index contributed by atoms with van der Waals surface area (Å²) in [5.74, 6) is -0.0916. The van der Waals surface area contributed by atoms with Crippen LogP contribution in [0.25, 0.3) is 6.08 Å². The Morgan fingerprint density at radius 2 is 2.00 bits per heavy atom. The fraction of sp³-hybridized carbons (Fsp3) is 0.579. The van der Waals surface area contributed by atoms with Gasteiger partial charge in [-0.15, -0.1) is 11.3 Å². The molecular weight excluding hydrogens is 400 g/mol. The zero-order valence-corrected chi connectivity index (χ0v) is 17.5. The van der Waals surface area contributed by atoms with Crippen LogP contribution in [0.2, 0.25) is 0 Å². The quantitative estimate of drug-likeness (QED) is 0.745. The number of carbonyl (C=O) groups is 2. The largest absolute Gasteiger partial charge is 0.449 e. The monoisotopic (exact) mass is 424 g/mol. The zero-order chi connectivity index (χ0) is 19.9. The average Bonchev–Trinajstić information content (AvgIpc) is 3.08. The third-order valence-corrected chi connectivity index (χ3v) is 8.67. The van der Waals surface area contributed by atoms with Gasteiger partial charge in [0.05, 0.1) is 11.5 Å². The van der Waals surface area contributed by atoms with Gasteiger partial charge in [0.2, 0.25) is 0 Å². The summed E-state index contributed by atoms with van der Waals surface area (Å²) in [5.41, 5.74) is 1.55. The van der Waals surface area contributed by atoms with Gasteiger partial charge in [0, 0.05) is 37.5 Å². The lowest BCUT2D eigenvalue weighted by Crippen LogP contribution is -2.50. The molecule has 0 unspecified atom stereocenters. The minimum atomic E-state index is -3.38. The highest BCUT2D eigenvalue weighted by Gasteiger charge is 2.34. The number of nitrogens with zero attached hydrogens (tertiary/aromatic N) is 2. The number of rotatable bonds is 3. The van der Waals surface area contributed by atoms with Crippen molar-refractivity contribution in [2.24, 2.45) is 0 Å². The van der Waals surface area contributed by atoms with Crippen molar-refractivity contribution in [3.8, 4) is 0 Å². The van der Waals surface area contributed by atoms with Gasteiger partial charge >= 0.3 is 6.09 Å². The molecule has 9 heteroatoms. The van der Waals surface area contributed by atoms with Crippen LogP contribution in [-0.4, -0.2) is 68.8 Å². The van der Waals surface area contributed by atoms with Gasteiger partial charge in [-0.3, -0.25) is 4.79 Å². The second kappa shape index (κ2) is 7.51. The van der Waals surface area contributed by atoms with Gasteiger partial charge < -0.3 is 14.5 Å². The number of carbonyl (C=O) groups excluding carboxylic acids is 2. The molecule has 0 N–H and O–H groups in total. The molecule has 0 atom stereocenters. The summed E-state index contributed by atoms with van der Waals surface area (Å²) in [4.78, 5) is 29.2. The fourth-order valence-corrected chi connectivity index (χ4v) is 6.66. The molecule has 0 radical (unpaired) electrons. The first-order chi connectivity index (χ1) is 13.4. The standard InChI is InChI=1S/C19H24N2O5S2/c1-28(24,25)18-15-6-3-2-5-14(15)16(27-18)17(22)20-10-7-13(8-11-20)21-9-4-12-26-19(21)23/h3,6,13H,2,4-5,7-12H2,1H3. The summed E-state index contributed by atoms with van der Waals surface area (Å²) >= 11 is 1.10. The van der Waals surface area contributed by atoms with Crippen LogP contribution in [0, 0.1) is 0 Å². The van der Waals surface area contributed by atoms with Crippen molar-refractivity contribution >= 4 is 39.3 Å². The Morgan fingerprint density at radius 1 is 1.25 bits per heavy atom. The summed E-state index contributed by atoms with van der Waals surface area (Å²) < 4.78 is 29.8. The molecule has 0 bridgehead atoms. The minimum Gasteiger partial charge on any atom is -0.449 e. The molecular formula is C19H24N2O5S2. The highest BCUT2D eigenvalue weighted by Crippen LogP contribution is 2.37. The van der Waals surface area contributed by atoms with Gasteiger partial charge in [-0.1, -0.05) is 12.2 Å². The summed E-state index contributed by atoms with van der Waals surface area (Å²) in [6, 6.07) is 0.101. The predicted octanol–water partition coefficient (Wildman–Crippen LogP) is 2.56. The van der Waals surface area contributed by atoms with E-state index in [0.29, 0.717) is 55.9 Å². The van der Waals surface area contributed by atoms with E-state index < -0.39 is 9.84 Å². The number of hydrogen-bond donors (Lipinski definition) is 0. The molecule has 2 saturated heterocycles. The summed E-state index contributed by atoms with van der Waals surface area (Å²) in [6.07, 6.45) is 8.50. The number of amides is 2. The van der Waals surface area contributed by atoms with Crippen molar-refractivity contribution in [1.29, 1.82) is 0 Å². The third kappa shape index (κ3) is 3.57. The van der Waals surface area contributed by atoms with Crippen LogP contribution in [-0.2, 0) is 21.0 Å². The van der Waals surface area contributed by atoms with Crippen molar-refractivity contribution in [2.45, 2.75) is 42.4 Å². The zero-order valence-electron chi connectivity index (χ0n) is 15.8. The lowest BCUT2D eigenvalue weighted by molar-refractivity contribution is 0.0358. The molecule has 2 fully saturated rings. The molecule has 1 aliphatic carbocycles. The van der Waals surface area contributed by atoms with E-state index in [4.69, 9.17) is 4.74 Å². The Kier molecular flexibility index (Phi) is 5.22. The number of thiophene rings is 1. The van der Waals surface area contributed by atoms with Crippen LogP contribution in [0.4, 0.5) is 4.79 Å². The first-order valence-corrected chi connectivity index (χ1v) is 12.3.